The second kappa shape index (κ2) is 6.56. The van der Waals surface area contributed by atoms with Crippen molar-refractivity contribution >= 4 is 44.2 Å². The second-order valence-electron chi connectivity index (χ2n) is 5.14. The number of ether oxygens (including phenoxy) is 1. The molecule has 0 radical (unpaired) electrons. The van der Waals surface area contributed by atoms with E-state index >= 15 is 0 Å². The largest absolute Gasteiger partial charge is 0.497 e. The Morgan fingerprint density at radius 2 is 2.17 bits per heavy atom. The van der Waals surface area contributed by atoms with Crippen molar-refractivity contribution in [3.63, 3.8) is 0 Å². The summed E-state index contributed by atoms with van der Waals surface area (Å²) in [7, 11) is 1.60. The lowest BCUT2D eigenvalue weighted by atomic mass is 10.1. The number of carbonyl (C=O) groups excluding carboxylic acids is 1. The van der Waals surface area contributed by atoms with E-state index in [4.69, 9.17) is 16.3 Å². The Bertz CT molecular complexity index is 837. The summed E-state index contributed by atoms with van der Waals surface area (Å²) in [5.74, 6) is 0.615. The molecule has 0 fully saturated rings. The smallest absolute Gasteiger partial charge is 0.230 e. The molecule has 1 aromatic heterocycles. The summed E-state index contributed by atoms with van der Waals surface area (Å²) in [5.41, 5.74) is 2.75. The number of nitrogens with one attached hydrogen (secondary N) is 1. The molecule has 2 aromatic carbocycles. The number of hydrogen-bond donors (Lipinski definition) is 1. The van der Waals surface area contributed by atoms with Crippen LogP contribution in [-0.2, 0) is 11.2 Å². The normalized spacial score (nSPS) is 10.7. The van der Waals surface area contributed by atoms with Crippen LogP contribution in [0.1, 0.15) is 11.1 Å². The van der Waals surface area contributed by atoms with Crippen LogP contribution in [-0.4, -0.2) is 18.0 Å². The summed E-state index contributed by atoms with van der Waals surface area (Å²) in [6, 6.07) is 11.2. The van der Waals surface area contributed by atoms with Gasteiger partial charge in [-0.2, -0.15) is 0 Å². The van der Waals surface area contributed by atoms with Crippen LogP contribution >= 0.6 is 22.9 Å². The van der Waals surface area contributed by atoms with Gasteiger partial charge < -0.3 is 10.1 Å². The first-order chi connectivity index (χ1) is 11.1. The zero-order chi connectivity index (χ0) is 16.4. The van der Waals surface area contributed by atoms with E-state index in [9.17, 15) is 4.79 Å². The highest BCUT2D eigenvalue weighted by Crippen LogP contribution is 2.33. The molecule has 23 heavy (non-hydrogen) atoms. The van der Waals surface area contributed by atoms with Gasteiger partial charge in [0.2, 0.25) is 5.91 Å². The molecule has 3 aromatic rings. The Kier molecular flexibility index (Phi) is 4.50. The van der Waals surface area contributed by atoms with Gasteiger partial charge in [-0.05, 0) is 36.2 Å². The van der Waals surface area contributed by atoms with E-state index in [1.54, 1.807) is 7.11 Å². The number of fused-ring (bicyclic) bond motifs is 1. The maximum Gasteiger partial charge on any atom is 0.230 e. The van der Waals surface area contributed by atoms with E-state index in [2.05, 4.69) is 10.3 Å². The molecule has 0 unspecified atom stereocenters. The van der Waals surface area contributed by atoms with E-state index in [-0.39, 0.29) is 12.3 Å². The van der Waals surface area contributed by atoms with Crippen LogP contribution in [0, 0.1) is 6.92 Å². The van der Waals surface area contributed by atoms with Gasteiger partial charge in [-0.25, -0.2) is 4.98 Å². The van der Waals surface area contributed by atoms with Crippen LogP contribution < -0.4 is 10.1 Å². The minimum absolute atomic E-state index is 0.119. The first-order valence-electron chi connectivity index (χ1n) is 7.05. The van der Waals surface area contributed by atoms with Gasteiger partial charge >= 0.3 is 0 Å². The fourth-order valence-corrected chi connectivity index (χ4v) is 3.52. The Labute approximate surface area is 143 Å². The van der Waals surface area contributed by atoms with Crippen molar-refractivity contribution in [1.29, 1.82) is 0 Å². The third-order valence-electron chi connectivity index (χ3n) is 3.44. The molecule has 1 N–H and O–H groups in total. The fourth-order valence-electron chi connectivity index (χ4n) is 2.29. The average Bonchev–Trinajstić information content (AvgIpc) is 2.96. The van der Waals surface area contributed by atoms with E-state index in [1.165, 1.54) is 11.3 Å². The first-order valence-corrected chi connectivity index (χ1v) is 8.24. The lowest BCUT2D eigenvalue weighted by Gasteiger charge is -2.04. The number of carbonyl (C=O) groups is 1. The standard InChI is InChI=1S/C17H15ClN2O2S/c1-10-6-7-13(18)16-15(10)20-17(23-16)19-14(21)9-11-4-3-5-12(8-11)22-2/h3-8H,9H2,1-2H3,(H,19,20,21). The topological polar surface area (TPSA) is 51.2 Å². The minimum Gasteiger partial charge on any atom is -0.497 e. The molecule has 3 rings (SSSR count). The molecule has 1 amide bonds. The van der Waals surface area contributed by atoms with Crippen LogP contribution in [0.5, 0.6) is 5.75 Å². The summed E-state index contributed by atoms with van der Waals surface area (Å²) in [5, 5.41) is 4.05. The average molecular weight is 347 g/mol. The van der Waals surface area contributed by atoms with Gasteiger partial charge in [-0.3, -0.25) is 4.79 Å². The number of benzene rings is 2. The Morgan fingerprint density at radius 3 is 2.91 bits per heavy atom. The summed E-state index contributed by atoms with van der Waals surface area (Å²) < 4.78 is 6.06. The number of methoxy groups -OCH3 is 1. The molecule has 0 aliphatic heterocycles. The van der Waals surface area contributed by atoms with Gasteiger partial charge in [-0.1, -0.05) is 41.1 Å². The lowest BCUT2D eigenvalue weighted by molar-refractivity contribution is -0.115. The zero-order valence-corrected chi connectivity index (χ0v) is 14.3. The maximum absolute atomic E-state index is 12.2. The molecule has 0 bridgehead atoms. The van der Waals surface area contributed by atoms with Crippen molar-refractivity contribution in [2.75, 3.05) is 12.4 Å². The van der Waals surface area contributed by atoms with E-state index < -0.39 is 0 Å². The number of halogens is 1. The predicted molar refractivity (Wildman–Crippen MR) is 94.7 cm³/mol. The molecule has 1 heterocycles. The SMILES string of the molecule is COc1cccc(CC(=O)Nc2nc3c(C)ccc(Cl)c3s2)c1. The van der Waals surface area contributed by atoms with Crippen molar-refractivity contribution in [2.24, 2.45) is 0 Å². The van der Waals surface area contributed by atoms with Crippen LogP contribution in [0.3, 0.4) is 0 Å². The maximum atomic E-state index is 12.2. The highest BCUT2D eigenvalue weighted by atomic mass is 35.5. The van der Waals surface area contributed by atoms with Gasteiger partial charge in [0.1, 0.15) is 5.75 Å². The van der Waals surface area contributed by atoms with Crippen molar-refractivity contribution in [2.45, 2.75) is 13.3 Å². The van der Waals surface area contributed by atoms with Crippen molar-refractivity contribution in [3.05, 3.63) is 52.5 Å². The van der Waals surface area contributed by atoms with Crippen molar-refractivity contribution in [3.8, 4) is 5.75 Å². The molecule has 6 heteroatoms. The summed E-state index contributed by atoms with van der Waals surface area (Å²) in [6.45, 7) is 1.97. The quantitative estimate of drug-likeness (QED) is 0.759. The fraction of sp³-hybridized carbons (Fsp3) is 0.176. The number of anilines is 1. The summed E-state index contributed by atoms with van der Waals surface area (Å²) in [4.78, 5) is 16.7. The van der Waals surface area contributed by atoms with Crippen LogP contribution in [0.25, 0.3) is 10.2 Å². The number of aryl methyl sites for hydroxylation is 1. The van der Waals surface area contributed by atoms with Crippen molar-refractivity contribution in [1.82, 2.24) is 4.98 Å². The van der Waals surface area contributed by atoms with Gasteiger partial charge in [0.25, 0.3) is 0 Å². The highest BCUT2D eigenvalue weighted by molar-refractivity contribution is 7.23. The number of amides is 1. The predicted octanol–water partition coefficient (Wildman–Crippen LogP) is 4.45. The minimum atomic E-state index is -0.119. The van der Waals surface area contributed by atoms with Crippen LogP contribution in [0.15, 0.2) is 36.4 Å². The van der Waals surface area contributed by atoms with Crippen LogP contribution in [0.4, 0.5) is 5.13 Å². The molecule has 0 aliphatic carbocycles. The molecule has 0 spiro atoms. The van der Waals surface area contributed by atoms with E-state index in [0.29, 0.717) is 10.2 Å². The van der Waals surface area contributed by atoms with Gasteiger partial charge in [-0.15, -0.1) is 0 Å². The molecule has 0 atom stereocenters. The molecule has 4 nitrogen and oxygen atoms in total. The van der Waals surface area contributed by atoms with Gasteiger partial charge in [0, 0.05) is 0 Å². The second-order valence-corrected chi connectivity index (χ2v) is 6.54. The Hall–Kier alpha value is -2.11. The van der Waals surface area contributed by atoms with Crippen molar-refractivity contribution < 1.29 is 9.53 Å². The number of thiazole rings is 1. The van der Waals surface area contributed by atoms with Gasteiger partial charge in [0.15, 0.2) is 5.13 Å². The third-order valence-corrected chi connectivity index (χ3v) is 4.87. The monoisotopic (exact) mass is 346 g/mol. The molecule has 0 saturated carbocycles. The molecular formula is C17H15ClN2O2S. The van der Waals surface area contributed by atoms with E-state index in [1.807, 2.05) is 43.3 Å². The van der Waals surface area contributed by atoms with E-state index in [0.717, 1.165) is 27.1 Å². The number of hydrogen-bond acceptors (Lipinski definition) is 4. The van der Waals surface area contributed by atoms with Gasteiger partial charge in [0.05, 0.1) is 28.8 Å². The molecule has 0 aliphatic rings. The lowest BCUT2D eigenvalue weighted by Crippen LogP contribution is -2.14. The first kappa shape index (κ1) is 15.8. The van der Waals surface area contributed by atoms with Crippen LogP contribution in [0.2, 0.25) is 5.02 Å². The highest BCUT2D eigenvalue weighted by Gasteiger charge is 2.12. The number of nitrogens with zero attached hydrogens (tertiary/aromatic N) is 1. The number of aromatic nitrogens is 1. The number of rotatable bonds is 4. The third kappa shape index (κ3) is 3.46. The summed E-state index contributed by atoms with van der Waals surface area (Å²) >= 11 is 7.57. The summed E-state index contributed by atoms with van der Waals surface area (Å²) in [6.07, 6.45) is 0.264. The molecule has 118 valence electrons. The Balaban J connectivity index is 1.77. The Morgan fingerprint density at radius 1 is 1.35 bits per heavy atom. The molecule has 0 saturated heterocycles. The molecular weight excluding hydrogens is 332 g/mol. The zero-order valence-electron chi connectivity index (χ0n) is 12.7.